The molecule has 8 heteroatoms. The molecule has 3 heterocycles. The number of pyridine rings is 1. The number of hydrogen-bond acceptors (Lipinski definition) is 6. The molecule has 0 aliphatic carbocycles. The number of rotatable bonds is 6. The summed E-state index contributed by atoms with van der Waals surface area (Å²) in [7, 11) is 4.10. The van der Waals surface area contributed by atoms with Crippen LogP contribution < -0.4 is 5.32 Å². The summed E-state index contributed by atoms with van der Waals surface area (Å²) in [6.07, 6.45) is 3.95. The van der Waals surface area contributed by atoms with Crippen molar-refractivity contribution in [2.24, 2.45) is 0 Å². The minimum atomic E-state index is -0.0343. The van der Waals surface area contributed by atoms with Crippen LogP contribution >= 0.6 is 0 Å². The number of amides is 1. The van der Waals surface area contributed by atoms with Crippen molar-refractivity contribution in [1.29, 1.82) is 0 Å². The summed E-state index contributed by atoms with van der Waals surface area (Å²) in [5, 5.41) is 21.2. The molecule has 1 aliphatic heterocycles. The smallest absolute Gasteiger partial charge is 0.254 e. The summed E-state index contributed by atoms with van der Waals surface area (Å²) in [6, 6.07) is 17.0. The maximum atomic E-state index is 13.7. The zero-order valence-electron chi connectivity index (χ0n) is 20.5. The average Bonchev–Trinajstić information content (AvgIpc) is 3.30. The van der Waals surface area contributed by atoms with Gasteiger partial charge in [0.25, 0.3) is 5.91 Å². The first-order valence-corrected chi connectivity index (χ1v) is 12.1. The predicted octanol–water partition coefficient (Wildman–Crippen LogP) is 3.61. The van der Waals surface area contributed by atoms with Crippen LogP contribution in [0.1, 0.15) is 27.2 Å². The highest BCUT2D eigenvalue weighted by atomic mass is 16.3. The molecule has 0 saturated carbocycles. The molecule has 1 fully saturated rings. The van der Waals surface area contributed by atoms with Gasteiger partial charge in [-0.25, -0.2) is 4.98 Å². The Labute approximate surface area is 210 Å². The number of aromatic hydroxyl groups is 1. The summed E-state index contributed by atoms with van der Waals surface area (Å²) in [5.41, 5.74) is 5.55. The molecule has 36 heavy (non-hydrogen) atoms. The molecule has 2 aromatic carbocycles. The van der Waals surface area contributed by atoms with Crippen molar-refractivity contribution >= 4 is 29.1 Å². The van der Waals surface area contributed by atoms with Gasteiger partial charge in [-0.05, 0) is 61.6 Å². The lowest BCUT2D eigenvalue weighted by Gasteiger charge is -2.27. The minimum absolute atomic E-state index is 0.0343. The summed E-state index contributed by atoms with van der Waals surface area (Å²) < 4.78 is 0. The van der Waals surface area contributed by atoms with Crippen LogP contribution in [0.5, 0.6) is 5.75 Å². The highest BCUT2D eigenvalue weighted by Gasteiger charge is 2.24. The fourth-order valence-electron chi connectivity index (χ4n) is 4.50. The predicted molar refractivity (Wildman–Crippen MR) is 143 cm³/mol. The minimum Gasteiger partial charge on any atom is -0.508 e. The maximum Gasteiger partial charge on any atom is 0.254 e. The van der Waals surface area contributed by atoms with Crippen LogP contribution in [0.15, 0.2) is 54.6 Å². The molecule has 0 atom stereocenters. The first-order chi connectivity index (χ1) is 17.5. The van der Waals surface area contributed by atoms with Gasteiger partial charge in [0.15, 0.2) is 5.65 Å². The van der Waals surface area contributed by atoms with Crippen LogP contribution in [0, 0.1) is 0 Å². The molecule has 0 unspecified atom stereocenters. The number of phenols is 1. The molecule has 1 amide bonds. The number of benzene rings is 2. The lowest BCUT2D eigenvalue weighted by molar-refractivity contribution is 0.0737. The molecular weight excluding hydrogens is 452 g/mol. The zero-order valence-corrected chi connectivity index (χ0v) is 20.5. The summed E-state index contributed by atoms with van der Waals surface area (Å²) >= 11 is 0. The summed E-state index contributed by atoms with van der Waals surface area (Å²) in [5.74, 6) is 0.147. The van der Waals surface area contributed by atoms with Crippen LogP contribution in [-0.4, -0.2) is 76.3 Å². The molecule has 3 N–H and O–H groups in total. The fourth-order valence-corrected chi connectivity index (χ4v) is 4.50. The first kappa shape index (κ1) is 23.7. The topological polar surface area (TPSA) is 97.4 Å². The van der Waals surface area contributed by atoms with Crippen molar-refractivity contribution in [1.82, 2.24) is 30.3 Å². The Kier molecular flexibility index (Phi) is 6.79. The number of aromatic amines is 1. The molecule has 1 saturated heterocycles. The van der Waals surface area contributed by atoms with Gasteiger partial charge in [-0.3, -0.25) is 9.89 Å². The molecule has 5 rings (SSSR count). The van der Waals surface area contributed by atoms with E-state index in [9.17, 15) is 9.90 Å². The fraction of sp³-hybridized carbons (Fsp3) is 0.250. The van der Waals surface area contributed by atoms with E-state index in [4.69, 9.17) is 4.98 Å². The van der Waals surface area contributed by atoms with Gasteiger partial charge >= 0.3 is 0 Å². The number of piperazine rings is 1. The number of aromatic nitrogens is 3. The Morgan fingerprint density at radius 1 is 1.08 bits per heavy atom. The highest BCUT2D eigenvalue weighted by Crippen LogP contribution is 2.29. The zero-order chi connectivity index (χ0) is 25.1. The van der Waals surface area contributed by atoms with E-state index in [-0.39, 0.29) is 11.7 Å². The molecule has 0 radical (unpaired) electrons. The van der Waals surface area contributed by atoms with Gasteiger partial charge in [0.05, 0.1) is 22.3 Å². The molecule has 0 spiro atoms. The molecule has 1 aliphatic rings. The van der Waals surface area contributed by atoms with Gasteiger partial charge in [0.1, 0.15) is 5.75 Å². The highest BCUT2D eigenvalue weighted by molar-refractivity contribution is 6.09. The average molecular weight is 483 g/mol. The normalized spacial score (nSPS) is 14.2. The van der Waals surface area contributed by atoms with E-state index < -0.39 is 0 Å². The van der Waals surface area contributed by atoms with Crippen molar-refractivity contribution in [3.63, 3.8) is 0 Å². The maximum absolute atomic E-state index is 13.7. The Morgan fingerprint density at radius 3 is 2.61 bits per heavy atom. The summed E-state index contributed by atoms with van der Waals surface area (Å²) in [4.78, 5) is 22.5. The van der Waals surface area contributed by atoms with Crippen molar-refractivity contribution in [2.45, 2.75) is 6.54 Å². The Morgan fingerprint density at radius 2 is 1.86 bits per heavy atom. The van der Waals surface area contributed by atoms with E-state index in [2.05, 4.69) is 52.7 Å². The third kappa shape index (κ3) is 5.15. The third-order valence-corrected chi connectivity index (χ3v) is 6.24. The van der Waals surface area contributed by atoms with Crippen molar-refractivity contribution in [3.8, 4) is 17.0 Å². The van der Waals surface area contributed by atoms with Gasteiger partial charge in [-0.2, -0.15) is 5.10 Å². The van der Waals surface area contributed by atoms with Crippen LogP contribution in [0.4, 0.5) is 0 Å². The number of carbonyl (C=O) groups excluding carboxylic acids is 1. The number of H-pyrrole nitrogens is 1. The summed E-state index contributed by atoms with van der Waals surface area (Å²) in [6.45, 7) is 3.70. The second kappa shape index (κ2) is 10.3. The van der Waals surface area contributed by atoms with E-state index in [1.807, 2.05) is 29.2 Å². The van der Waals surface area contributed by atoms with E-state index >= 15 is 0 Å². The van der Waals surface area contributed by atoms with Crippen LogP contribution in [0.3, 0.4) is 0 Å². The Hall–Kier alpha value is -4.01. The molecule has 2 aromatic heterocycles. The van der Waals surface area contributed by atoms with Crippen LogP contribution in [0.2, 0.25) is 0 Å². The Bertz CT molecular complexity index is 1400. The standard InChI is InChI=1S/C28H30N6O2/c1-33(2)18-20-5-3-4-19(16-20)6-11-24-26-23(28(36)34-14-12-29-13-15-34)17-25(30-27(26)32-31-24)21-7-9-22(35)10-8-21/h3-11,16-17,29,35H,12-15,18H2,1-2H3,(H,30,31,32)/b11-6+. The third-order valence-electron chi connectivity index (χ3n) is 6.24. The van der Waals surface area contributed by atoms with Gasteiger partial charge in [-0.1, -0.05) is 30.3 Å². The number of phenolic OH excluding ortho intramolecular Hbond substituents is 1. The van der Waals surface area contributed by atoms with Gasteiger partial charge in [0, 0.05) is 38.3 Å². The van der Waals surface area contributed by atoms with E-state index in [0.29, 0.717) is 41.1 Å². The molecule has 8 nitrogen and oxygen atoms in total. The second-order valence-electron chi connectivity index (χ2n) is 9.29. The molecule has 184 valence electrons. The SMILES string of the molecule is CN(C)Cc1cccc(/C=C/c2n[nH]c3nc(-c4ccc(O)cc4)cc(C(=O)N4CCNCC4)c23)c1. The Balaban J connectivity index is 1.57. The quantitative estimate of drug-likeness (QED) is 0.389. The van der Waals surface area contributed by atoms with Gasteiger partial charge in [0.2, 0.25) is 0 Å². The monoisotopic (exact) mass is 482 g/mol. The number of hydrogen-bond donors (Lipinski definition) is 3. The van der Waals surface area contributed by atoms with Crippen molar-refractivity contribution in [2.75, 3.05) is 40.3 Å². The van der Waals surface area contributed by atoms with Gasteiger partial charge < -0.3 is 20.2 Å². The molecular formula is C28H30N6O2. The number of fused-ring (bicyclic) bond motifs is 1. The van der Waals surface area contributed by atoms with Crippen molar-refractivity contribution in [3.05, 3.63) is 77.0 Å². The van der Waals surface area contributed by atoms with E-state index in [1.54, 1.807) is 24.3 Å². The van der Waals surface area contributed by atoms with Crippen LogP contribution in [-0.2, 0) is 6.54 Å². The first-order valence-electron chi connectivity index (χ1n) is 12.1. The largest absolute Gasteiger partial charge is 0.508 e. The second-order valence-corrected chi connectivity index (χ2v) is 9.29. The lowest BCUT2D eigenvalue weighted by atomic mass is 10.0. The number of nitrogens with one attached hydrogen (secondary N) is 2. The van der Waals surface area contributed by atoms with Crippen molar-refractivity contribution < 1.29 is 9.90 Å². The van der Waals surface area contributed by atoms with Crippen LogP contribution in [0.25, 0.3) is 34.4 Å². The molecule has 0 bridgehead atoms. The molecule has 4 aromatic rings. The van der Waals surface area contributed by atoms with E-state index in [0.717, 1.165) is 30.8 Å². The lowest BCUT2D eigenvalue weighted by Crippen LogP contribution is -2.46. The number of nitrogens with zero attached hydrogens (tertiary/aromatic N) is 4. The van der Waals surface area contributed by atoms with E-state index in [1.165, 1.54) is 5.56 Å². The number of carbonyl (C=O) groups is 1. The van der Waals surface area contributed by atoms with Gasteiger partial charge in [-0.15, -0.1) is 0 Å².